The van der Waals surface area contributed by atoms with E-state index in [2.05, 4.69) is 28.2 Å². The quantitative estimate of drug-likeness (QED) is 0.113. The van der Waals surface area contributed by atoms with Gasteiger partial charge >= 0.3 is 44.8 Å². The third kappa shape index (κ3) is 11.5. The van der Waals surface area contributed by atoms with Crippen LogP contribution >= 0.6 is 0 Å². The van der Waals surface area contributed by atoms with Gasteiger partial charge < -0.3 is 0 Å². The summed E-state index contributed by atoms with van der Waals surface area (Å²) in [5.41, 5.74) is -6.55. The van der Waals surface area contributed by atoms with E-state index in [1.165, 1.54) is 64.4 Å². The number of hydrogen-bond acceptors (Lipinski definition) is 3. The van der Waals surface area contributed by atoms with E-state index in [0.29, 0.717) is 22.5 Å². The third-order valence-corrected chi connectivity index (χ3v) is 11.2. The van der Waals surface area contributed by atoms with E-state index in [-0.39, 0.29) is 37.6 Å². The van der Waals surface area contributed by atoms with Crippen LogP contribution in [-0.2, 0) is 66.5 Å². The van der Waals surface area contributed by atoms with Gasteiger partial charge in [-0.1, -0.05) is 84.7 Å². The van der Waals surface area contributed by atoms with Crippen LogP contribution in [0.15, 0.2) is 109 Å². The van der Waals surface area contributed by atoms with Gasteiger partial charge in [-0.2, -0.15) is 118 Å². The molecule has 3 aromatic heterocycles. The molecule has 6 aromatic rings. The van der Waals surface area contributed by atoms with Gasteiger partial charge in [0, 0.05) is 56.8 Å². The Hall–Kier alpha value is -5.08. The fraction of sp³-hybridized carbons (Fsp3) is 0.327. The van der Waals surface area contributed by atoms with Gasteiger partial charge in [0.15, 0.2) is 0 Å². The van der Waals surface area contributed by atoms with E-state index in [1.54, 1.807) is 42.5 Å². The molecule has 6 rings (SSSR count). The molecular formula is C49H42F12IrN3. The molecule has 16 heteroatoms. The van der Waals surface area contributed by atoms with Crippen molar-refractivity contribution in [2.45, 2.75) is 102 Å². The largest absolute Gasteiger partial charge is 3.00 e. The van der Waals surface area contributed by atoms with Crippen molar-refractivity contribution in [3.05, 3.63) is 195 Å². The predicted octanol–water partition coefficient (Wildman–Crippen LogP) is 14.3. The topological polar surface area (TPSA) is 38.7 Å². The second kappa shape index (κ2) is 18.7. The Balaban J connectivity index is 0.000000280. The summed E-state index contributed by atoms with van der Waals surface area (Å²) < 4.78 is 161. The zero-order valence-corrected chi connectivity index (χ0v) is 38.5. The van der Waals surface area contributed by atoms with Crippen LogP contribution in [0.5, 0.6) is 0 Å². The molecule has 346 valence electrons. The van der Waals surface area contributed by atoms with Crippen LogP contribution in [0.2, 0.25) is 0 Å². The van der Waals surface area contributed by atoms with Gasteiger partial charge in [0.2, 0.25) is 0 Å². The molecule has 0 bridgehead atoms. The number of nitrogens with zero attached hydrogens (tertiary/aromatic N) is 3. The zero-order valence-electron chi connectivity index (χ0n) is 36.1. The standard InChI is InChI=1S/C25H21F6N.C24H21F6N2.Ir/c1-22(2,16-8-12-18(13-9-16)24(26,27)28)20-6-5-7-21(32-20)23(3,4)17-10-14-19(15-11-17)25(29,30)31;1-21(2,19-9-5-7-11-31-19)15-13-16(22(3,4)20-10-6-8-12-32-20)18(24(28,29)30)14-17(15)23(25,26)27;/h5-8,10,12-15H,1-4H3;5-12,14H,1-4H3;/q-2;-1;+3. The maximum Gasteiger partial charge on any atom is 3.00 e. The van der Waals surface area contributed by atoms with Crippen molar-refractivity contribution in [1.82, 2.24) is 15.0 Å². The Morgan fingerprint density at radius 1 is 0.400 bits per heavy atom. The van der Waals surface area contributed by atoms with Gasteiger partial charge in [-0.05, 0) is 47.5 Å². The SMILES string of the molecule is CC(C)(c1[c-]cc(C(F)(F)F)cc1)c1cccc(C(C)(C)c2[c-]cc(C(F)(F)F)cc2)n1.CC(C)(c1ccccn1)c1[c-]c(C(C)(C)c2ccccn2)c(C(F)(F)F)cc1C(F)(F)F.[Ir+3]. The van der Waals surface area contributed by atoms with Gasteiger partial charge in [-0.15, -0.1) is 17.2 Å². The number of hydrogen-bond donors (Lipinski definition) is 0. The monoisotopic (exact) mass is 1090 g/mol. The van der Waals surface area contributed by atoms with E-state index in [4.69, 9.17) is 4.98 Å². The van der Waals surface area contributed by atoms with Gasteiger partial charge in [0.05, 0.1) is 0 Å². The maximum absolute atomic E-state index is 14.0. The number of alkyl halides is 12. The van der Waals surface area contributed by atoms with Gasteiger partial charge in [0.25, 0.3) is 0 Å². The minimum Gasteiger partial charge on any atom is -0.260 e. The van der Waals surface area contributed by atoms with Crippen LogP contribution in [0.3, 0.4) is 0 Å². The van der Waals surface area contributed by atoms with Crippen molar-refractivity contribution >= 4 is 0 Å². The molecule has 3 aromatic carbocycles. The molecule has 3 heterocycles. The summed E-state index contributed by atoms with van der Waals surface area (Å²) in [5.74, 6) is 0. The van der Waals surface area contributed by atoms with Gasteiger partial charge in [-0.25, -0.2) is 0 Å². The van der Waals surface area contributed by atoms with Crippen molar-refractivity contribution in [3.63, 3.8) is 0 Å². The Bertz CT molecular complexity index is 2360. The average molecular weight is 1090 g/mol. The summed E-state index contributed by atoms with van der Waals surface area (Å²) in [7, 11) is 0. The maximum atomic E-state index is 14.0. The predicted molar refractivity (Wildman–Crippen MR) is 217 cm³/mol. The summed E-state index contributed by atoms with van der Waals surface area (Å²) in [6.07, 6.45) is -16.1. The first-order chi connectivity index (χ1) is 29.3. The van der Waals surface area contributed by atoms with Crippen molar-refractivity contribution in [2.24, 2.45) is 0 Å². The van der Waals surface area contributed by atoms with Gasteiger partial charge in [-0.3, -0.25) is 15.0 Å². The van der Waals surface area contributed by atoms with E-state index in [1.807, 2.05) is 27.7 Å². The van der Waals surface area contributed by atoms with E-state index >= 15 is 0 Å². The third-order valence-electron chi connectivity index (χ3n) is 11.2. The molecule has 0 saturated carbocycles. The molecular weight excluding hydrogens is 1050 g/mol. The van der Waals surface area contributed by atoms with Crippen LogP contribution in [0.4, 0.5) is 52.7 Å². The normalized spacial score (nSPS) is 13.1. The summed E-state index contributed by atoms with van der Waals surface area (Å²) >= 11 is 0. The first kappa shape index (κ1) is 52.5. The Labute approximate surface area is 383 Å². The number of pyridine rings is 3. The first-order valence-corrected chi connectivity index (χ1v) is 19.6. The Kier molecular flexibility index (Phi) is 15.1. The first-order valence-electron chi connectivity index (χ1n) is 19.6. The van der Waals surface area contributed by atoms with E-state index in [9.17, 15) is 52.7 Å². The summed E-state index contributed by atoms with van der Waals surface area (Å²) in [4.78, 5) is 13.0. The average Bonchev–Trinajstić information content (AvgIpc) is 3.23. The molecule has 65 heavy (non-hydrogen) atoms. The summed E-state index contributed by atoms with van der Waals surface area (Å²) in [6, 6.07) is 29.6. The van der Waals surface area contributed by atoms with E-state index in [0.717, 1.165) is 24.3 Å². The molecule has 0 unspecified atom stereocenters. The van der Waals surface area contributed by atoms with E-state index < -0.39 is 79.7 Å². The summed E-state index contributed by atoms with van der Waals surface area (Å²) in [5, 5.41) is 0. The van der Waals surface area contributed by atoms with Crippen molar-refractivity contribution in [2.75, 3.05) is 0 Å². The molecule has 0 N–H and O–H groups in total. The number of rotatable bonds is 8. The second-order valence-corrected chi connectivity index (χ2v) is 17.2. The van der Waals surface area contributed by atoms with Crippen LogP contribution in [0.25, 0.3) is 0 Å². The second-order valence-electron chi connectivity index (χ2n) is 17.2. The molecule has 0 aliphatic carbocycles. The molecule has 0 radical (unpaired) electrons. The molecule has 0 amide bonds. The zero-order chi connectivity index (χ0) is 47.9. The molecule has 0 spiro atoms. The molecule has 0 atom stereocenters. The van der Waals surface area contributed by atoms with Crippen LogP contribution in [-0.4, -0.2) is 15.0 Å². The number of halogens is 12. The van der Waals surface area contributed by atoms with Crippen molar-refractivity contribution < 1.29 is 72.8 Å². The smallest absolute Gasteiger partial charge is 0.260 e. The summed E-state index contributed by atoms with van der Waals surface area (Å²) in [6.45, 7) is 13.3. The van der Waals surface area contributed by atoms with Crippen LogP contribution < -0.4 is 0 Å². The van der Waals surface area contributed by atoms with Crippen LogP contribution in [0, 0.1) is 18.2 Å². The van der Waals surface area contributed by atoms with Crippen molar-refractivity contribution in [1.29, 1.82) is 0 Å². The molecule has 0 saturated heterocycles. The Morgan fingerprint density at radius 3 is 1.03 bits per heavy atom. The number of aromatic nitrogens is 3. The Morgan fingerprint density at radius 2 is 0.754 bits per heavy atom. The minimum atomic E-state index is -5.02. The molecule has 0 fully saturated rings. The number of benzene rings is 3. The van der Waals surface area contributed by atoms with Gasteiger partial charge in [0.1, 0.15) is 0 Å². The molecule has 0 aliphatic heterocycles. The van der Waals surface area contributed by atoms with Crippen LogP contribution in [0.1, 0.15) is 123 Å². The fourth-order valence-corrected chi connectivity index (χ4v) is 7.09. The fourth-order valence-electron chi connectivity index (χ4n) is 7.09. The van der Waals surface area contributed by atoms with Crippen molar-refractivity contribution in [3.8, 4) is 0 Å². The molecule has 3 nitrogen and oxygen atoms in total. The molecule has 0 aliphatic rings. The minimum absolute atomic E-state index is 0.